The number of carbonyl (C=O) groups is 1. The third kappa shape index (κ3) is 5.79. The lowest BCUT2D eigenvalue weighted by molar-refractivity contribution is -0.123. The van der Waals surface area contributed by atoms with Gasteiger partial charge in [-0.3, -0.25) is 9.78 Å². The van der Waals surface area contributed by atoms with Gasteiger partial charge >= 0.3 is 0 Å². The Balaban J connectivity index is 1.65. The van der Waals surface area contributed by atoms with Gasteiger partial charge in [-0.05, 0) is 80.2 Å². The molecule has 2 atom stereocenters. The maximum atomic E-state index is 12.8. The summed E-state index contributed by atoms with van der Waals surface area (Å²) >= 11 is 12.4. The summed E-state index contributed by atoms with van der Waals surface area (Å²) in [6, 6.07) is 18.9. The summed E-state index contributed by atoms with van der Waals surface area (Å²) in [7, 11) is 3.24. The first kappa shape index (κ1) is 30.4. The summed E-state index contributed by atoms with van der Waals surface area (Å²) in [6.07, 6.45) is 1.79. The van der Waals surface area contributed by atoms with Crippen LogP contribution in [-0.2, 0) is 4.79 Å². The number of carbonyl (C=O) groups excluding carboxylic acids is 1. The topological polar surface area (TPSA) is 80.7 Å². The van der Waals surface area contributed by atoms with Crippen molar-refractivity contribution in [3.05, 3.63) is 94.5 Å². The molecule has 0 aliphatic carbocycles. The van der Waals surface area contributed by atoms with E-state index in [0.29, 0.717) is 27.3 Å². The van der Waals surface area contributed by atoms with Crippen LogP contribution in [0.3, 0.4) is 0 Å². The molecule has 3 heterocycles. The number of thiocarbonyl (C=S) groups is 1. The Hall–Kier alpha value is -4.08. The highest BCUT2D eigenvalue weighted by atomic mass is 35.5. The number of anilines is 2. The monoisotopic (exact) mass is 617 g/mol. The average molecular weight is 618 g/mol. The molecule has 1 fully saturated rings. The molecule has 0 unspecified atom stereocenters. The minimum Gasteiger partial charge on any atom is -0.495 e. The number of hydrogen-bond donors (Lipinski definition) is 2. The molecular formula is C33H36ClN5O3S. The van der Waals surface area contributed by atoms with E-state index in [2.05, 4.69) is 40.0 Å². The van der Waals surface area contributed by atoms with Crippen LogP contribution in [0.15, 0.2) is 66.9 Å². The van der Waals surface area contributed by atoms with Gasteiger partial charge in [-0.1, -0.05) is 38.4 Å². The van der Waals surface area contributed by atoms with Gasteiger partial charge in [-0.15, -0.1) is 0 Å². The van der Waals surface area contributed by atoms with Crippen molar-refractivity contribution in [2.24, 2.45) is 5.41 Å². The number of aryl methyl sites for hydroxylation is 1. The van der Waals surface area contributed by atoms with Gasteiger partial charge < -0.3 is 29.6 Å². The molecule has 8 nitrogen and oxygen atoms in total. The van der Waals surface area contributed by atoms with Crippen molar-refractivity contribution >= 4 is 46.2 Å². The third-order valence-electron chi connectivity index (χ3n) is 7.66. The van der Waals surface area contributed by atoms with E-state index in [9.17, 15) is 4.79 Å². The average Bonchev–Trinajstić information content (AvgIpc) is 3.47. The van der Waals surface area contributed by atoms with Crippen LogP contribution in [0.2, 0.25) is 5.02 Å². The standard InChI is InChI=1S/C33H36ClN5O3S/c1-19-16-23(20(2)38(19)26-17-21(34)11-14-27(26)41-6)30-29(25-10-8-9-15-35-25)37-32(43)39(30)22-12-13-24(28(18-22)42-7)36-31(40)33(3,4)5/h8-18,29-30H,1-7H3,(H,36,40)(H,37,43)/t29-,30+/m0/s1. The molecule has 1 saturated heterocycles. The fourth-order valence-electron chi connectivity index (χ4n) is 5.49. The minimum atomic E-state index is -0.556. The second-order valence-electron chi connectivity index (χ2n) is 11.6. The smallest absolute Gasteiger partial charge is 0.229 e. The van der Waals surface area contributed by atoms with E-state index in [1.807, 2.05) is 75.4 Å². The first-order chi connectivity index (χ1) is 20.4. The van der Waals surface area contributed by atoms with E-state index < -0.39 is 5.41 Å². The summed E-state index contributed by atoms with van der Waals surface area (Å²) in [5.41, 5.74) is 5.66. The molecule has 1 amide bonds. The quantitative estimate of drug-likeness (QED) is 0.210. The fourth-order valence-corrected chi connectivity index (χ4v) is 6.00. The zero-order chi connectivity index (χ0) is 31.1. The molecule has 0 bridgehead atoms. The highest BCUT2D eigenvalue weighted by Gasteiger charge is 2.42. The van der Waals surface area contributed by atoms with Crippen molar-refractivity contribution < 1.29 is 14.3 Å². The summed E-state index contributed by atoms with van der Waals surface area (Å²) in [5, 5.41) is 7.70. The van der Waals surface area contributed by atoms with Gasteiger partial charge in [-0.25, -0.2) is 0 Å². The van der Waals surface area contributed by atoms with Crippen LogP contribution in [0.25, 0.3) is 5.69 Å². The second-order valence-corrected chi connectivity index (χ2v) is 12.4. The Labute approximate surface area is 263 Å². The molecule has 43 heavy (non-hydrogen) atoms. The molecule has 0 radical (unpaired) electrons. The fraction of sp³-hybridized carbons (Fsp3) is 0.303. The number of ether oxygens (including phenoxy) is 2. The van der Waals surface area contributed by atoms with Gasteiger partial charge in [0.05, 0.1) is 43.4 Å². The summed E-state index contributed by atoms with van der Waals surface area (Å²) in [4.78, 5) is 19.5. The molecule has 2 aromatic heterocycles. The highest BCUT2D eigenvalue weighted by molar-refractivity contribution is 7.80. The Kier molecular flexibility index (Phi) is 8.40. The number of nitrogens with zero attached hydrogens (tertiary/aromatic N) is 3. The first-order valence-corrected chi connectivity index (χ1v) is 14.8. The van der Waals surface area contributed by atoms with Crippen LogP contribution < -0.4 is 25.0 Å². The first-order valence-electron chi connectivity index (χ1n) is 14.0. The number of methoxy groups -OCH3 is 2. The van der Waals surface area contributed by atoms with E-state index >= 15 is 0 Å². The van der Waals surface area contributed by atoms with Gasteiger partial charge in [0.15, 0.2) is 5.11 Å². The maximum Gasteiger partial charge on any atom is 0.229 e. The van der Waals surface area contributed by atoms with Crippen molar-refractivity contribution in [3.8, 4) is 17.2 Å². The Bertz CT molecular complexity index is 1680. The van der Waals surface area contributed by atoms with E-state index in [1.54, 1.807) is 20.4 Å². The number of halogens is 1. The van der Waals surface area contributed by atoms with E-state index in [4.69, 9.17) is 38.3 Å². The summed E-state index contributed by atoms with van der Waals surface area (Å²) in [5.74, 6) is 1.15. The molecule has 224 valence electrons. The van der Waals surface area contributed by atoms with Crippen LogP contribution in [0.5, 0.6) is 11.5 Å². The largest absolute Gasteiger partial charge is 0.495 e. The molecule has 2 N–H and O–H groups in total. The van der Waals surface area contributed by atoms with Gasteiger partial charge in [0.25, 0.3) is 0 Å². The molecule has 4 aromatic rings. The van der Waals surface area contributed by atoms with Gasteiger partial charge in [0.1, 0.15) is 11.5 Å². The van der Waals surface area contributed by atoms with E-state index in [-0.39, 0.29) is 18.0 Å². The predicted octanol–water partition coefficient (Wildman–Crippen LogP) is 7.32. The molecule has 5 rings (SSSR count). The van der Waals surface area contributed by atoms with Crippen molar-refractivity contribution in [3.63, 3.8) is 0 Å². The van der Waals surface area contributed by atoms with Gasteiger partial charge in [0, 0.05) is 39.8 Å². The molecule has 2 aromatic carbocycles. The molecular weight excluding hydrogens is 582 g/mol. The normalized spacial score (nSPS) is 16.7. The van der Waals surface area contributed by atoms with Crippen molar-refractivity contribution in [1.82, 2.24) is 14.9 Å². The highest BCUT2D eigenvalue weighted by Crippen LogP contribution is 2.45. The zero-order valence-corrected chi connectivity index (χ0v) is 26.9. The number of amides is 1. The van der Waals surface area contributed by atoms with Crippen LogP contribution in [0.4, 0.5) is 11.4 Å². The van der Waals surface area contributed by atoms with E-state index in [0.717, 1.165) is 34.0 Å². The summed E-state index contributed by atoms with van der Waals surface area (Å²) in [6.45, 7) is 9.76. The van der Waals surface area contributed by atoms with Crippen molar-refractivity contribution in [2.45, 2.75) is 46.7 Å². The van der Waals surface area contributed by atoms with Gasteiger partial charge in [-0.2, -0.15) is 0 Å². The van der Waals surface area contributed by atoms with Crippen molar-refractivity contribution in [2.75, 3.05) is 24.4 Å². The molecule has 0 spiro atoms. The predicted molar refractivity (Wildman–Crippen MR) is 176 cm³/mol. The van der Waals surface area contributed by atoms with Crippen LogP contribution in [0.1, 0.15) is 55.5 Å². The Morgan fingerprint density at radius 2 is 1.77 bits per heavy atom. The lowest BCUT2D eigenvalue weighted by Crippen LogP contribution is -2.30. The maximum absolute atomic E-state index is 12.8. The lowest BCUT2D eigenvalue weighted by Gasteiger charge is -2.29. The van der Waals surface area contributed by atoms with Crippen LogP contribution >= 0.6 is 23.8 Å². The molecule has 1 aliphatic heterocycles. The van der Waals surface area contributed by atoms with E-state index in [1.165, 1.54) is 0 Å². The Morgan fingerprint density at radius 1 is 1.02 bits per heavy atom. The number of rotatable bonds is 7. The molecule has 10 heteroatoms. The number of pyridine rings is 1. The minimum absolute atomic E-state index is 0.103. The number of benzene rings is 2. The van der Waals surface area contributed by atoms with Crippen LogP contribution in [0, 0.1) is 19.3 Å². The third-order valence-corrected chi connectivity index (χ3v) is 8.21. The number of hydrogen-bond acceptors (Lipinski definition) is 5. The zero-order valence-electron chi connectivity index (χ0n) is 25.4. The SMILES string of the molecule is COc1cc(N2C(=S)N[C@@H](c3ccccn3)[C@H]2c2cc(C)n(-c3cc(Cl)ccc3OC)c2C)ccc1NC(=O)C(C)(C)C. The van der Waals surface area contributed by atoms with Gasteiger partial charge in [0.2, 0.25) is 5.91 Å². The van der Waals surface area contributed by atoms with Crippen LogP contribution in [-0.4, -0.2) is 34.8 Å². The lowest BCUT2D eigenvalue weighted by atomic mass is 9.95. The Morgan fingerprint density at radius 3 is 2.42 bits per heavy atom. The molecule has 0 saturated carbocycles. The number of aromatic nitrogens is 2. The van der Waals surface area contributed by atoms with Crippen molar-refractivity contribution in [1.29, 1.82) is 0 Å². The summed E-state index contributed by atoms with van der Waals surface area (Å²) < 4.78 is 13.6. The number of nitrogens with one attached hydrogen (secondary N) is 2. The molecule has 1 aliphatic rings. The second kappa shape index (κ2) is 11.9.